The standard InChI is InChI=1S/C17H19N3O3/c18-17(23)14-3-4-19-8-12(14)7-16(22)15-6-10-1-2-13(21)5-11(10)9-20-15/h1-5,8,15-16,20-22H,6-7,9H2,(H2,18,23)/t15-,16+/m0/s1. The number of phenols is 1. The minimum atomic E-state index is -0.667. The number of aliphatic hydroxyl groups excluding tert-OH is 1. The molecule has 0 bridgehead atoms. The number of nitrogens with one attached hydrogen (secondary N) is 1. The highest BCUT2D eigenvalue weighted by molar-refractivity contribution is 5.94. The van der Waals surface area contributed by atoms with Crippen molar-refractivity contribution in [2.75, 3.05) is 0 Å². The number of aromatic hydroxyl groups is 1. The van der Waals surface area contributed by atoms with E-state index in [0.29, 0.717) is 30.5 Å². The van der Waals surface area contributed by atoms with Gasteiger partial charge in [-0.1, -0.05) is 6.07 Å². The molecule has 3 rings (SSSR count). The van der Waals surface area contributed by atoms with E-state index in [1.54, 1.807) is 24.4 Å². The number of aromatic nitrogens is 1. The van der Waals surface area contributed by atoms with Crippen LogP contribution in [0.15, 0.2) is 36.7 Å². The number of phenolic OH excluding ortho intramolecular Hbond substituents is 1. The van der Waals surface area contributed by atoms with Crippen LogP contribution in [0.1, 0.15) is 27.0 Å². The maximum absolute atomic E-state index is 11.4. The summed E-state index contributed by atoms with van der Waals surface area (Å²) in [6.45, 7) is 0.585. The van der Waals surface area contributed by atoms with Gasteiger partial charge in [0.05, 0.1) is 6.10 Å². The lowest BCUT2D eigenvalue weighted by atomic mass is 9.90. The molecule has 6 nitrogen and oxygen atoms in total. The number of hydrogen-bond donors (Lipinski definition) is 4. The van der Waals surface area contributed by atoms with Gasteiger partial charge in [-0.05, 0) is 41.3 Å². The van der Waals surface area contributed by atoms with E-state index in [4.69, 9.17) is 5.73 Å². The van der Waals surface area contributed by atoms with Gasteiger partial charge < -0.3 is 21.3 Å². The van der Waals surface area contributed by atoms with Crippen LogP contribution in [0.4, 0.5) is 0 Å². The summed E-state index contributed by atoms with van der Waals surface area (Å²) >= 11 is 0. The van der Waals surface area contributed by atoms with E-state index in [0.717, 1.165) is 11.1 Å². The predicted molar refractivity (Wildman–Crippen MR) is 84.9 cm³/mol. The fourth-order valence-electron chi connectivity index (χ4n) is 3.00. The van der Waals surface area contributed by atoms with Crippen molar-refractivity contribution in [3.8, 4) is 5.75 Å². The second kappa shape index (κ2) is 6.36. The molecule has 0 saturated heterocycles. The quantitative estimate of drug-likeness (QED) is 0.657. The van der Waals surface area contributed by atoms with Crippen LogP contribution in [0.3, 0.4) is 0 Å². The van der Waals surface area contributed by atoms with Crippen LogP contribution in [0.25, 0.3) is 0 Å². The summed E-state index contributed by atoms with van der Waals surface area (Å²) in [5.74, 6) is -0.280. The molecule has 1 aliphatic heterocycles. The van der Waals surface area contributed by atoms with Crippen LogP contribution in [0, 0.1) is 0 Å². The molecule has 0 radical (unpaired) electrons. The average Bonchev–Trinajstić information content (AvgIpc) is 2.54. The first kappa shape index (κ1) is 15.5. The zero-order valence-electron chi connectivity index (χ0n) is 12.6. The highest BCUT2D eigenvalue weighted by Gasteiger charge is 2.25. The zero-order valence-corrected chi connectivity index (χ0v) is 12.6. The van der Waals surface area contributed by atoms with Gasteiger partial charge in [0.15, 0.2) is 0 Å². The summed E-state index contributed by atoms with van der Waals surface area (Å²) in [5, 5.41) is 23.3. The smallest absolute Gasteiger partial charge is 0.249 e. The molecule has 5 N–H and O–H groups in total. The molecule has 0 aliphatic carbocycles. The zero-order chi connectivity index (χ0) is 16.4. The number of nitrogens with zero attached hydrogens (tertiary/aromatic N) is 1. The molecule has 2 aromatic rings. The Balaban J connectivity index is 1.74. The summed E-state index contributed by atoms with van der Waals surface area (Å²) in [7, 11) is 0. The molecule has 1 aromatic heterocycles. The Morgan fingerprint density at radius 1 is 1.39 bits per heavy atom. The largest absolute Gasteiger partial charge is 0.508 e. The first-order chi connectivity index (χ1) is 11.0. The molecule has 1 aliphatic rings. The van der Waals surface area contributed by atoms with E-state index < -0.39 is 12.0 Å². The highest BCUT2D eigenvalue weighted by atomic mass is 16.3. The molecule has 0 spiro atoms. The molecule has 6 heteroatoms. The average molecular weight is 313 g/mol. The monoisotopic (exact) mass is 313 g/mol. The van der Waals surface area contributed by atoms with E-state index >= 15 is 0 Å². The normalized spacial score (nSPS) is 18.2. The Morgan fingerprint density at radius 2 is 2.22 bits per heavy atom. The number of carbonyl (C=O) groups is 1. The Hall–Kier alpha value is -2.44. The number of pyridine rings is 1. The van der Waals surface area contributed by atoms with Gasteiger partial charge in [-0.2, -0.15) is 0 Å². The van der Waals surface area contributed by atoms with Crippen molar-refractivity contribution < 1.29 is 15.0 Å². The Bertz CT molecular complexity index is 733. The summed E-state index contributed by atoms with van der Waals surface area (Å²) in [6, 6.07) is 6.70. The number of carbonyl (C=O) groups excluding carboxylic acids is 1. The van der Waals surface area contributed by atoms with E-state index in [-0.39, 0.29) is 11.8 Å². The number of benzene rings is 1. The van der Waals surface area contributed by atoms with Crippen molar-refractivity contribution in [2.45, 2.75) is 31.5 Å². The Morgan fingerprint density at radius 3 is 3.00 bits per heavy atom. The van der Waals surface area contributed by atoms with Crippen LogP contribution in [0.5, 0.6) is 5.75 Å². The van der Waals surface area contributed by atoms with Gasteiger partial charge in [0.1, 0.15) is 5.75 Å². The molecule has 0 fully saturated rings. The number of nitrogens with two attached hydrogens (primary N) is 1. The third kappa shape index (κ3) is 3.33. The number of rotatable bonds is 4. The van der Waals surface area contributed by atoms with Crippen molar-refractivity contribution >= 4 is 5.91 Å². The molecule has 0 saturated carbocycles. The van der Waals surface area contributed by atoms with Crippen LogP contribution in [0.2, 0.25) is 0 Å². The maximum Gasteiger partial charge on any atom is 0.249 e. The Kier molecular flexibility index (Phi) is 4.27. The number of primary amides is 1. The summed E-state index contributed by atoms with van der Waals surface area (Å²) in [5.41, 5.74) is 8.53. The second-order valence-electron chi connectivity index (χ2n) is 5.81. The number of hydrogen-bond acceptors (Lipinski definition) is 5. The van der Waals surface area contributed by atoms with Crippen molar-refractivity contribution in [3.05, 3.63) is 58.9 Å². The van der Waals surface area contributed by atoms with Gasteiger partial charge in [0, 0.05) is 37.0 Å². The van der Waals surface area contributed by atoms with Crippen LogP contribution in [-0.4, -0.2) is 33.3 Å². The summed E-state index contributed by atoms with van der Waals surface area (Å²) < 4.78 is 0. The minimum Gasteiger partial charge on any atom is -0.508 e. The molecule has 120 valence electrons. The van der Waals surface area contributed by atoms with Crippen LogP contribution in [-0.2, 0) is 19.4 Å². The summed E-state index contributed by atoms with van der Waals surface area (Å²) in [4.78, 5) is 15.5. The first-order valence-electron chi connectivity index (χ1n) is 7.49. The number of amides is 1. The predicted octanol–water partition coefficient (Wildman–Crippen LogP) is 0.504. The van der Waals surface area contributed by atoms with Gasteiger partial charge in [0.25, 0.3) is 0 Å². The highest BCUT2D eigenvalue weighted by Crippen LogP contribution is 2.23. The first-order valence-corrected chi connectivity index (χ1v) is 7.49. The maximum atomic E-state index is 11.4. The lowest BCUT2D eigenvalue weighted by Gasteiger charge is -2.30. The SMILES string of the molecule is NC(=O)c1ccncc1C[C@@H](O)[C@@H]1Cc2ccc(O)cc2CN1. The molecule has 0 unspecified atom stereocenters. The number of aliphatic hydroxyl groups is 1. The second-order valence-corrected chi connectivity index (χ2v) is 5.81. The topological polar surface area (TPSA) is 108 Å². The van der Waals surface area contributed by atoms with Gasteiger partial charge in [-0.25, -0.2) is 0 Å². The van der Waals surface area contributed by atoms with Gasteiger partial charge in [0.2, 0.25) is 5.91 Å². The fraction of sp³-hybridized carbons (Fsp3) is 0.294. The number of fused-ring (bicyclic) bond motifs is 1. The van der Waals surface area contributed by atoms with Crippen molar-refractivity contribution in [1.82, 2.24) is 10.3 Å². The molecule has 2 atom stereocenters. The van der Waals surface area contributed by atoms with Crippen molar-refractivity contribution in [2.24, 2.45) is 5.73 Å². The minimum absolute atomic E-state index is 0.132. The lowest BCUT2D eigenvalue weighted by Crippen LogP contribution is -2.45. The molecular formula is C17H19N3O3. The van der Waals surface area contributed by atoms with Crippen molar-refractivity contribution in [3.63, 3.8) is 0 Å². The third-order valence-corrected chi connectivity index (χ3v) is 4.25. The third-order valence-electron chi connectivity index (χ3n) is 4.25. The van der Waals surface area contributed by atoms with E-state index in [2.05, 4.69) is 10.3 Å². The van der Waals surface area contributed by atoms with Gasteiger partial charge in [-0.15, -0.1) is 0 Å². The fourth-order valence-corrected chi connectivity index (χ4v) is 3.00. The molecule has 1 aromatic carbocycles. The van der Waals surface area contributed by atoms with Crippen molar-refractivity contribution in [1.29, 1.82) is 0 Å². The van der Waals surface area contributed by atoms with E-state index in [1.165, 1.54) is 6.20 Å². The molecule has 2 heterocycles. The Labute approximate surface area is 134 Å². The van der Waals surface area contributed by atoms with E-state index in [1.807, 2.05) is 6.07 Å². The van der Waals surface area contributed by atoms with Crippen LogP contribution >= 0.6 is 0 Å². The van der Waals surface area contributed by atoms with E-state index in [9.17, 15) is 15.0 Å². The molecule has 1 amide bonds. The lowest BCUT2D eigenvalue weighted by molar-refractivity contribution is 0.0995. The van der Waals surface area contributed by atoms with Gasteiger partial charge in [-0.3, -0.25) is 9.78 Å². The summed E-state index contributed by atoms with van der Waals surface area (Å²) in [6.07, 6.45) is 3.37. The molecule has 23 heavy (non-hydrogen) atoms. The van der Waals surface area contributed by atoms with Crippen LogP contribution < -0.4 is 11.1 Å². The molecular weight excluding hydrogens is 294 g/mol. The van der Waals surface area contributed by atoms with Gasteiger partial charge >= 0.3 is 0 Å².